The molecular weight excluding hydrogens is 391 g/mol. The minimum atomic E-state index is -0.445. The van der Waals surface area contributed by atoms with Crippen LogP contribution < -0.4 is 5.32 Å². The topological polar surface area (TPSA) is 41.6 Å². The van der Waals surface area contributed by atoms with Gasteiger partial charge in [0.2, 0.25) is 5.91 Å². The first-order valence-electron chi connectivity index (χ1n) is 11.4. The normalized spacial score (nSPS) is 21.5. The second kappa shape index (κ2) is 9.92. The van der Waals surface area contributed by atoms with Crippen molar-refractivity contribution in [2.45, 2.75) is 32.1 Å². The molecule has 0 radical (unpaired) electrons. The molecule has 4 rings (SSSR count). The van der Waals surface area contributed by atoms with E-state index in [2.05, 4.69) is 29.4 Å². The highest BCUT2D eigenvalue weighted by molar-refractivity contribution is 5.83. The fourth-order valence-corrected chi connectivity index (χ4v) is 5.03. The van der Waals surface area contributed by atoms with Gasteiger partial charge in [-0.2, -0.15) is 0 Å². The summed E-state index contributed by atoms with van der Waals surface area (Å²) in [6.07, 6.45) is 4.51. The quantitative estimate of drug-likeness (QED) is 0.752. The zero-order valence-corrected chi connectivity index (χ0v) is 18.4. The lowest BCUT2D eigenvalue weighted by atomic mass is 9.74. The van der Waals surface area contributed by atoms with Crippen LogP contribution in [0.4, 0.5) is 4.39 Å². The van der Waals surface area contributed by atoms with Crippen molar-refractivity contribution in [3.63, 3.8) is 0 Å². The third kappa shape index (κ3) is 5.52. The largest absolute Gasteiger partial charge is 0.381 e. The maximum absolute atomic E-state index is 13.7. The molecule has 1 N–H and O–H groups in total. The molecule has 4 nitrogen and oxygen atoms in total. The minimum Gasteiger partial charge on any atom is -0.381 e. The number of rotatable bonds is 6. The summed E-state index contributed by atoms with van der Waals surface area (Å²) < 4.78 is 19.3. The molecular formula is C26H33FN2O2. The number of nitrogens with zero attached hydrogens (tertiary/aromatic N) is 1. The fraction of sp³-hybridized carbons (Fsp3) is 0.500. The summed E-state index contributed by atoms with van der Waals surface area (Å²) in [4.78, 5) is 15.8. The van der Waals surface area contributed by atoms with E-state index < -0.39 is 5.41 Å². The number of carbonyl (C=O) groups is 1. The molecule has 2 aliphatic heterocycles. The third-order valence-electron chi connectivity index (χ3n) is 6.83. The molecule has 2 heterocycles. The van der Waals surface area contributed by atoms with Crippen molar-refractivity contribution in [2.75, 3.05) is 39.9 Å². The van der Waals surface area contributed by atoms with Crippen LogP contribution in [0.25, 0.3) is 11.1 Å². The van der Waals surface area contributed by atoms with Gasteiger partial charge in [0.05, 0.1) is 5.41 Å². The smallest absolute Gasteiger partial charge is 0.226 e. The Balaban J connectivity index is 1.48. The molecule has 2 aromatic carbocycles. The van der Waals surface area contributed by atoms with Crippen LogP contribution >= 0.6 is 0 Å². The second-order valence-electron chi connectivity index (χ2n) is 9.26. The summed E-state index contributed by atoms with van der Waals surface area (Å²) in [6.45, 7) is 4.17. The molecule has 0 unspecified atom stereocenters. The van der Waals surface area contributed by atoms with Gasteiger partial charge in [0.15, 0.2) is 0 Å². The predicted molar refractivity (Wildman–Crippen MR) is 121 cm³/mol. The molecule has 2 saturated heterocycles. The van der Waals surface area contributed by atoms with E-state index in [-0.39, 0.29) is 11.7 Å². The minimum absolute atomic E-state index is 0.153. The van der Waals surface area contributed by atoms with Crippen LogP contribution in [0.15, 0.2) is 48.5 Å². The highest BCUT2D eigenvalue weighted by atomic mass is 19.1. The van der Waals surface area contributed by atoms with Crippen molar-refractivity contribution in [3.05, 3.63) is 59.9 Å². The Kier molecular flexibility index (Phi) is 7.03. The van der Waals surface area contributed by atoms with E-state index in [9.17, 15) is 9.18 Å². The summed E-state index contributed by atoms with van der Waals surface area (Å²) >= 11 is 0. The number of nitrogens with one attached hydrogen (secondary N) is 1. The molecule has 0 spiro atoms. The Bertz CT molecular complexity index is 894. The van der Waals surface area contributed by atoms with Crippen molar-refractivity contribution in [3.8, 4) is 11.1 Å². The van der Waals surface area contributed by atoms with E-state index in [1.165, 1.54) is 18.9 Å². The van der Waals surface area contributed by atoms with Crippen molar-refractivity contribution in [1.82, 2.24) is 10.2 Å². The lowest BCUT2D eigenvalue weighted by Gasteiger charge is -2.37. The molecule has 166 valence electrons. The molecule has 2 aromatic rings. The van der Waals surface area contributed by atoms with Crippen LogP contribution in [0.5, 0.6) is 0 Å². The number of halogens is 1. The van der Waals surface area contributed by atoms with Crippen LogP contribution in [0.1, 0.15) is 31.2 Å². The molecule has 31 heavy (non-hydrogen) atoms. The van der Waals surface area contributed by atoms with E-state index in [4.69, 9.17) is 4.74 Å². The van der Waals surface area contributed by atoms with Gasteiger partial charge in [0.25, 0.3) is 0 Å². The Hall–Kier alpha value is -2.24. The van der Waals surface area contributed by atoms with Crippen LogP contribution in [-0.2, 0) is 16.0 Å². The van der Waals surface area contributed by atoms with Gasteiger partial charge in [0, 0.05) is 26.3 Å². The van der Waals surface area contributed by atoms with Gasteiger partial charge < -0.3 is 15.0 Å². The number of likely N-dealkylation sites (tertiary alicyclic amines) is 1. The van der Waals surface area contributed by atoms with Crippen molar-refractivity contribution >= 4 is 5.91 Å². The SMILES string of the molecule is CN1CCC[C@H](CNC(=O)C2(Cc3cccc(-c4cccc(F)c4)c3)CCOCC2)C1. The molecule has 1 amide bonds. The molecule has 5 heteroatoms. The van der Waals surface area contributed by atoms with Crippen LogP contribution in [0.3, 0.4) is 0 Å². The zero-order chi connectivity index (χ0) is 21.7. The van der Waals surface area contributed by atoms with Crippen molar-refractivity contribution < 1.29 is 13.9 Å². The first-order valence-corrected chi connectivity index (χ1v) is 11.4. The number of amides is 1. The predicted octanol–water partition coefficient (Wildman–Crippen LogP) is 4.29. The Morgan fingerprint density at radius 1 is 1.16 bits per heavy atom. The maximum Gasteiger partial charge on any atom is 0.226 e. The van der Waals surface area contributed by atoms with Crippen LogP contribution in [0.2, 0.25) is 0 Å². The Morgan fingerprint density at radius 2 is 1.90 bits per heavy atom. The molecule has 2 aliphatic rings. The highest BCUT2D eigenvalue weighted by Gasteiger charge is 2.40. The van der Waals surface area contributed by atoms with Crippen LogP contribution in [0, 0.1) is 17.2 Å². The summed E-state index contributed by atoms with van der Waals surface area (Å²) in [6, 6.07) is 14.8. The summed E-state index contributed by atoms with van der Waals surface area (Å²) in [7, 11) is 2.15. The highest BCUT2D eigenvalue weighted by Crippen LogP contribution is 2.36. The summed E-state index contributed by atoms with van der Waals surface area (Å²) in [5, 5.41) is 3.29. The number of benzene rings is 2. The molecule has 0 aromatic heterocycles. The van der Waals surface area contributed by atoms with E-state index in [1.54, 1.807) is 12.1 Å². The van der Waals surface area contributed by atoms with Crippen LogP contribution in [-0.4, -0.2) is 50.7 Å². The third-order valence-corrected chi connectivity index (χ3v) is 6.83. The number of ether oxygens (including phenoxy) is 1. The second-order valence-corrected chi connectivity index (χ2v) is 9.26. The summed E-state index contributed by atoms with van der Waals surface area (Å²) in [5.41, 5.74) is 2.49. The van der Waals surface area contributed by atoms with Gasteiger partial charge in [-0.25, -0.2) is 4.39 Å². The number of hydrogen-bond donors (Lipinski definition) is 1. The first-order chi connectivity index (χ1) is 15.0. The van der Waals surface area contributed by atoms with Gasteiger partial charge in [-0.15, -0.1) is 0 Å². The molecule has 0 aliphatic carbocycles. The van der Waals surface area contributed by atoms with E-state index in [0.717, 1.165) is 49.2 Å². The lowest BCUT2D eigenvalue weighted by Crippen LogP contribution is -2.48. The lowest BCUT2D eigenvalue weighted by molar-refractivity contribution is -0.137. The Labute approximate surface area is 184 Å². The van der Waals surface area contributed by atoms with Gasteiger partial charge >= 0.3 is 0 Å². The van der Waals surface area contributed by atoms with E-state index in [0.29, 0.717) is 25.6 Å². The van der Waals surface area contributed by atoms with E-state index in [1.807, 2.05) is 18.2 Å². The van der Waals surface area contributed by atoms with Gasteiger partial charge in [-0.3, -0.25) is 4.79 Å². The standard InChI is InChI=1S/C26H33FN2O2/c1-29-12-4-6-21(19-29)18-28-25(30)26(10-13-31-14-11-26)17-20-5-2-7-22(15-20)23-8-3-9-24(27)16-23/h2-3,5,7-9,15-16,21H,4,6,10-14,17-19H2,1H3,(H,28,30)/t21-/m1/s1. The first kappa shape index (κ1) is 22.0. The molecule has 0 saturated carbocycles. The van der Waals surface area contributed by atoms with E-state index >= 15 is 0 Å². The average molecular weight is 425 g/mol. The van der Waals surface area contributed by atoms with Crippen molar-refractivity contribution in [1.29, 1.82) is 0 Å². The average Bonchev–Trinajstić information content (AvgIpc) is 2.78. The molecule has 1 atom stereocenters. The van der Waals surface area contributed by atoms with Crippen molar-refractivity contribution in [2.24, 2.45) is 11.3 Å². The van der Waals surface area contributed by atoms with Gasteiger partial charge in [-0.05, 0) is 80.4 Å². The van der Waals surface area contributed by atoms with Gasteiger partial charge in [0.1, 0.15) is 5.82 Å². The number of piperidine rings is 1. The Morgan fingerprint density at radius 3 is 2.65 bits per heavy atom. The monoisotopic (exact) mass is 424 g/mol. The molecule has 0 bridgehead atoms. The molecule has 2 fully saturated rings. The van der Waals surface area contributed by atoms with Gasteiger partial charge in [-0.1, -0.05) is 36.4 Å². The number of carbonyl (C=O) groups excluding carboxylic acids is 1. The summed E-state index contributed by atoms with van der Waals surface area (Å²) in [5.74, 6) is 0.438. The zero-order valence-electron chi connectivity index (χ0n) is 18.4. The number of hydrogen-bond acceptors (Lipinski definition) is 3. The maximum atomic E-state index is 13.7. The fourth-order valence-electron chi connectivity index (χ4n) is 5.03.